The molecule has 1 aromatic heterocycles. The first kappa shape index (κ1) is 19.7. The summed E-state index contributed by atoms with van der Waals surface area (Å²) in [5, 5.41) is 8.62. The summed E-state index contributed by atoms with van der Waals surface area (Å²) in [6, 6.07) is 10.4. The number of amides is 2. The minimum Gasteiger partial charge on any atom is -0.467 e. The van der Waals surface area contributed by atoms with Gasteiger partial charge in [0.1, 0.15) is 5.76 Å². The number of thiocarbonyl (C=S) groups is 1. The largest absolute Gasteiger partial charge is 0.467 e. The Morgan fingerprint density at radius 2 is 1.88 bits per heavy atom. The van der Waals surface area contributed by atoms with E-state index in [9.17, 15) is 9.59 Å². The molecule has 2 rings (SSSR count). The van der Waals surface area contributed by atoms with E-state index in [1.165, 1.54) is 0 Å². The van der Waals surface area contributed by atoms with Gasteiger partial charge in [0.2, 0.25) is 5.91 Å². The number of hydrogen-bond donors (Lipinski definition) is 3. The first-order valence-electron chi connectivity index (χ1n) is 8.60. The number of benzene rings is 1. The van der Waals surface area contributed by atoms with Gasteiger partial charge in [-0.3, -0.25) is 9.59 Å². The standard InChI is InChI=1S/C19H23N3O3S/c1-2-3-4-7-17(23)22-19(26)21-15-10-8-14(9-11-15)18(24)20-13-16-6-5-12-25-16/h5-6,8-12H,2-4,7,13H2,1H3,(H,20,24)(H2,21,22,23,26). The molecule has 6 nitrogen and oxygen atoms in total. The second-order valence-electron chi connectivity index (χ2n) is 5.80. The summed E-state index contributed by atoms with van der Waals surface area (Å²) in [7, 11) is 0. The number of unbranched alkanes of at least 4 members (excludes halogenated alkanes) is 2. The predicted octanol–water partition coefficient (Wildman–Crippen LogP) is 3.60. The third-order valence-corrected chi connectivity index (χ3v) is 3.87. The molecule has 0 bridgehead atoms. The van der Waals surface area contributed by atoms with Crippen LogP contribution < -0.4 is 16.0 Å². The third kappa shape index (κ3) is 6.68. The molecule has 7 heteroatoms. The van der Waals surface area contributed by atoms with Crippen LogP contribution in [0.2, 0.25) is 0 Å². The molecule has 1 aromatic carbocycles. The molecule has 1 heterocycles. The quantitative estimate of drug-likeness (QED) is 0.486. The molecule has 0 fully saturated rings. The highest BCUT2D eigenvalue weighted by atomic mass is 32.1. The second-order valence-corrected chi connectivity index (χ2v) is 6.21. The minimum atomic E-state index is -0.195. The van der Waals surface area contributed by atoms with Crippen molar-refractivity contribution in [1.29, 1.82) is 0 Å². The summed E-state index contributed by atoms with van der Waals surface area (Å²) in [5.74, 6) is 0.404. The van der Waals surface area contributed by atoms with E-state index in [-0.39, 0.29) is 16.9 Å². The molecule has 0 aliphatic heterocycles. The molecule has 0 spiro atoms. The van der Waals surface area contributed by atoms with E-state index in [0.717, 1.165) is 19.3 Å². The lowest BCUT2D eigenvalue weighted by Gasteiger charge is -2.10. The van der Waals surface area contributed by atoms with Crippen LogP contribution in [0.25, 0.3) is 0 Å². The number of rotatable bonds is 8. The van der Waals surface area contributed by atoms with Crippen LogP contribution in [0.1, 0.15) is 48.7 Å². The van der Waals surface area contributed by atoms with Gasteiger partial charge in [-0.2, -0.15) is 0 Å². The van der Waals surface area contributed by atoms with Crippen LogP contribution in [-0.4, -0.2) is 16.9 Å². The maximum absolute atomic E-state index is 12.1. The molecule has 138 valence electrons. The summed E-state index contributed by atoms with van der Waals surface area (Å²) in [5.41, 5.74) is 1.23. The molecule has 0 aliphatic rings. The number of furan rings is 1. The highest BCUT2D eigenvalue weighted by Gasteiger charge is 2.08. The van der Waals surface area contributed by atoms with Crippen LogP contribution in [0.15, 0.2) is 47.1 Å². The maximum atomic E-state index is 12.1. The number of carbonyl (C=O) groups is 2. The van der Waals surface area contributed by atoms with Crippen molar-refractivity contribution in [2.75, 3.05) is 5.32 Å². The van der Waals surface area contributed by atoms with Gasteiger partial charge >= 0.3 is 0 Å². The van der Waals surface area contributed by atoms with E-state index in [2.05, 4.69) is 22.9 Å². The first-order chi connectivity index (χ1) is 12.6. The fraction of sp³-hybridized carbons (Fsp3) is 0.316. The number of anilines is 1. The molecule has 3 N–H and O–H groups in total. The Morgan fingerprint density at radius 3 is 2.54 bits per heavy atom. The lowest BCUT2D eigenvalue weighted by Crippen LogP contribution is -2.33. The number of carbonyl (C=O) groups excluding carboxylic acids is 2. The van der Waals surface area contributed by atoms with Crippen LogP contribution in [0, 0.1) is 0 Å². The van der Waals surface area contributed by atoms with Gasteiger partial charge in [0, 0.05) is 17.7 Å². The fourth-order valence-corrected chi connectivity index (χ4v) is 2.51. The smallest absolute Gasteiger partial charge is 0.251 e. The molecular weight excluding hydrogens is 350 g/mol. The van der Waals surface area contributed by atoms with Gasteiger partial charge in [-0.25, -0.2) is 0 Å². The Hall–Kier alpha value is -2.67. The van der Waals surface area contributed by atoms with E-state index in [1.54, 1.807) is 42.7 Å². The fourth-order valence-electron chi connectivity index (χ4n) is 2.27. The molecule has 0 aliphatic carbocycles. The molecule has 0 radical (unpaired) electrons. The van der Waals surface area contributed by atoms with Gasteiger partial charge in [0.15, 0.2) is 5.11 Å². The second kappa shape index (κ2) is 10.4. The minimum absolute atomic E-state index is 0.0927. The maximum Gasteiger partial charge on any atom is 0.251 e. The normalized spacial score (nSPS) is 10.2. The molecule has 0 unspecified atom stereocenters. The van der Waals surface area contributed by atoms with Gasteiger partial charge in [-0.05, 0) is 55.0 Å². The van der Waals surface area contributed by atoms with Gasteiger partial charge in [0.25, 0.3) is 5.91 Å². The Morgan fingerprint density at radius 1 is 1.12 bits per heavy atom. The van der Waals surface area contributed by atoms with Crippen LogP contribution in [-0.2, 0) is 11.3 Å². The third-order valence-electron chi connectivity index (χ3n) is 3.67. The van der Waals surface area contributed by atoms with E-state index >= 15 is 0 Å². The predicted molar refractivity (Wildman–Crippen MR) is 105 cm³/mol. The Balaban J connectivity index is 1.78. The van der Waals surface area contributed by atoms with Crippen LogP contribution in [0.4, 0.5) is 5.69 Å². The molecule has 0 saturated carbocycles. The lowest BCUT2D eigenvalue weighted by molar-refractivity contribution is -0.119. The van der Waals surface area contributed by atoms with Gasteiger partial charge < -0.3 is 20.4 Å². The summed E-state index contributed by atoms with van der Waals surface area (Å²) in [6.45, 7) is 2.42. The van der Waals surface area contributed by atoms with Crippen molar-refractivity contribution in [3.05, 3.63) is 54.0 Å². The average molecular weight is 373 g/mol. The average Bonchev–Trinajstić information content (AvgIpc) is 3.14. The highest BCUT2D eigenvalue weighted by Crippen LogP contribution is 2.10. The Labute approximate surface area is 158 Å². The topological polar surface area (TPSA) is 83.4 Å². The SMILES string of the molecule is CCCCCC(=O)NC(=S)Nc1ccc(C(=O)NCc2ccco2)cc1. The highest BCUT2D eigenvalue weighted by molar-refractivity contribution is 7.80. The monoisotopic (exact) mass is 373 g/mol. The van der Waals surface area contributed by atoms with Crippen molar-refractivity contribution in [3.8, 4) is 0 Å². The first-order valence-corrected chi connectivity index (χ1v) is 9.00. The van der Waals surface area contributed by atoms with Crippen molar-refractivity contribution >= 4 is 34.8 Å². The molecule has 2 amide bonds. The number of hydrogen-bond acceptors (Lipinski definition) is 4. The molecule has 26 heavy (non-hydrogen) atoms. The zero-order chi connectivity index (χ0) is 18.8. The van der Waals surface area contributed by atoms with Crippen molar-refractivity contribution in [2.45, 2.75) is 39.2 Å². The van der Waals surface area contributed by atoms with Crippen LogP contribution in [0.5, 0.6) is 0 Å². The van der Waals surface area contributed by atoms with E-state index in [4.69, 9.17) is 16.6 Å². The van der Waals surface area contributed by atoms with E-state index < -0.39 is 0 Å². The summed E-state index contributed by atoms with van der Waals surface area (Å²) >= 11 is 5.13. The zero-order valence-electron chi connectivity index (χ0n) is 14.7. The number of nitrogens with one attached hydrogen (secondary N) is 3. The molecular formula is C19H23N3O3S. The Bertz CT molecular complexity index is 727. The molecule has 0 atom stereocenters. The van der Waals surface area contributed by atoms with Crippen molar-refractivity contribution in [2.24, 2.45) is 0 Å². The summed E-state index contributed by atoms with van der Waals surface area (Å²) in [6.07, 6.45) is 4.97. The van der Waals surface area contributed by atoms with Crippen LogP contribution >= 0.6 is 12.2 Å². The molecule has 0 saturated heterocycles. The van der Waals surface area contributed by atoms with Gasteiger partial charge in [0.05, 0.1) is 12.8 Å². The van der Waals surface area contributed by atoms with Crippen LogP contribution in [0.3, 0.4) is 0 Å². The summed E-state index contributed by atoms with van der Waals surface area (Å²) < 4.78 is 5.17. The van der Waals surface area contributed by atoms with E-state index in [0.29, 0.717) is 30.0 Å². The van der Waals surface area contributed by atoms with E-state index in [1.807, 2.05) is 0 Å². The Kier molecular flexibility index (Phi) is 7.82. The van der Waals surface area contributed by atoms with Crippen molar-refractivity contribution in [1.82, 2.24) is 10.6 Å². The lowest BCUT2D eigenvalue weighted by atomic mass is 10.2. The van der Waals surface area contributed by atoms with Crippen molar-refractivity contribution < 1.29 is 14.0 Å². The summed E-state index contributed by atoms with van der Waals surface area (Å²) in [4.78, 5) is 23.8. The molecule has 2 aromatic rings. The van der Waals surface area contributed by atoms with Crippen molar-refractivity contribution in [3.63, 3.8) is 0 Å². The zero-order valence-corrected chi connectivity index (χ0v) is 15.5. The van der Waals surface area contributed by atoms with Gasteiger partial charge in [-0.1, -0.05) is 19.8 Å². The van der Waals surface area contributed by atoms with Gasteiger partial charge in [-0.15, -0.1) is 0 Å².